The lowest BCUT2D eigenvalue weighted by atomic mass is 10.0. The monoisotopic (exact) mass is 566 g/mol. The lowest BCUT2D eigenvalue weighted by molar-refractivity contribution is 0.399. The fourth-order valence-electron chi connectivity index (χ4n) is 5.12. The van der Waals surface area contributed by atoms with Crippen molar-refractivity contribution in [3.05, 3.63) is 89.8 Å². The minimum atomic E-state index is -4.50. The molecule has 2 aromatic heterocycles. The van der Waals surface area contributed by atoms with Gasteiger partial charge in [0, 0.05) is 42.9 Å². The van der Waals surface area contributed by atoms with Crippen LogP contribution in [0.5, 0.6) is 11.6 Å². The summed E-state index contributed by atoms with van der Waals surface area (Å²) in [5.74, 6) is -3.82. The maximum Gasteiger partial charge on any atom is 0.252 e. The Hall–Kier alpha value is -4.09. The molecule has 1 atom stereocenters. The molecule has 40 heavy (non-hydrogen) atoms. The average molecular weight is 567 g/mol. The van der Waals surface area contributed by atoms with Crippen molar-refractivity contribution in [3.8, 4) is 22.9 Å². The number of anilines is 2. The lowest BCUT2D eigenvalue weighted by Crippen LogP contribution is -2.29. The summed E-state index contributed by atoms with van der Waals surface area (Å²) in [5.41, 5.74) is 2.47. The van der Waals surface area contributed by atoms with E-state index in [1.165, 1.54) is 0 Å². The van der Waals surface area contributed by atoms with E-state index in [0.29, 0.717) is 23.9 Å². The summed E-state index contributed by atoms with van der Waals surface area (Å²) < 4.78 is 56.5. The van der Waals surface area contributed by atoms with Crippen LogP contribution in [-0.2, 0) is 10.0 Å². The van der Waals surface area contributed by atoms with Crippen molar-refractivity contribution in [3.63, 3.8) is 0 Å². The van der Waals surface area contributed by atoms with E-state index in [1.807, 2.05) is 56.3 Å². The predicted molar refractivity (Wildman–Crippen MR) is 147 cm³/mol. The van der Waals surface area contributed by atoms with Gasteiger partial charge in [0.15, 0.2) is 10.6 Å². The van der Waals surface area contributed by atoms with Gasteiger partial charge >= 0.3 is 0 Å². The molecule has 2 N–H and O–H groups in total. The number of rotatable bonds is 7. The quantitative estimate of drug-likeness (QED) is 0.305. The lowest BCUT2D eigenvalue weighted by Gasteiger charge is -2.28. The molecule has 0 spiro atoms. The minimum absolute atomic E-state index is 0.0183. The van der Waals surface area contributed by atoms with Gasteiger partial charge < -0.3 is 15.1 Å². The largest absolute Gasteiger partial charge is 0.504 e. The highest BCUT2D eigenvalue weighted by molar-refractivity contribution is 7.89. The Bertz CT molecular complexity index is 1670. The van der Waals surface area contributed by atoms with Gasteiger partial charge in [-0.3, -0.25) is 4.98 Å². The topological polar surface area (TPSA) is 107 Å². The molecule has 1 fully saturated rings. The van der Waals surface area contributed by atoms with Gasteiger partial charge in [0.2, 0.25) is 5.88 Å². The molecule has 8 nitrogen and oxygen atoms in total. The first kappa shape index (κ1) is 27.5. The summed E-state index contributed by atoms with van der Waals surface area (Å²) in [6.45, 7) is 3.91. The highest BCUT2D eigenvalue weighted by Gasteiger charge is 2.40. The third-order valence-electron chi connectivity index (χ3n) is 7.00. The summed E-state index contributed by atoms with van der Waals surface area (Å²) in [5, 5.41) is 22.6. The third kappa shape index (κ3) is 4.98. The fourth-order valence-corrected chi connectivity index (χ4v) is 6.72. The summed E-state index contributed by atoms with van der Waals surface area (Å²) in [6.07, 6.45) is 1.11. The fraction of sp³-hybridized carbons (Fsp3) is 0.241. The highest BCUT2D eigenvalue weighted by atomic mass is 32.2. The molecule has 1 unspecified atom stereocenters. The third-order valence-corrected chi connectivity index (χ3v) is 8.91. The van der Waals surface area contributed by atoms with Gasteiger partial charge in [0.25, 0.3) is 10.0 Å². The Labute approximate surface area is 231 Å². The zero-order chi connectivity index (χ0) is 28.6. The Morgan fingerprint density at radius 3 is 2.50 bits per heavy atom. The van der Waals surface area contributed by atoms with Gasteiger partial charge in [-0.2, -0.15) is 4.31 Å². The van der Waals surface area contributed by atoms with Crippen molar-refractivity contribution in [2.45, 2.75) is 31.1 Å². The predicted octanol–water partition coefficient (Wildman–Crippen LogP) is 5.48. The maximum absolute atomic E-state index is 14.4. The van der Waals surface area contributed by atoms with E-state index in [2.05, 4.69) is 9.97 Å². The van der Waals surface area contributed by atoms with E-state index in [4.69, 9.17) is 0 Å². The first-order valence-corrected chi connectivity index (χ1v) is 14.2. The number of aromatic nitrogens is 2. The van der Waals surface area contributed by atoms with Crippen LogP contribution in [0.1, 0.15) is 30.5 Å². The molecule has 1 aliphatic rings. The molecule has 0 saturated carbocycles. The van der Waals surface area contributed by atoms with Crippen LogP contribution in [0, 0.1) is 18.6 Å². The van der Waals surface area contributed by atoms with Gasteiger partial charge in [0.05, 0.1) is 11.9 Å². The minimum Gasteiger partial charge on any atom is -0.504 e. The van der Waals surface area contributed by atoms with Crippen molar-refractivity contribution in [2.24, 2.45) is 0 Å². The Morgan fingerprint density at radius 1 is 1.07 bits per heavy atom. The molecule has 0 amide bonds. The van der Waals surface area contributed by atoms with E-state index in [9.17, 15) is 27.4 Å². The Kier molecular flexibility index (Phi) is 7.43. The highest BCUT2D eigenvalue weighted by Crippen LogP contribution is 2.48. The second-order valence-corrected chi connectivity index (χ2v) is 11.5. The molecule has 11 heteroatoms. The van der Waals surface area contributed by atoms with E-state index >= 15 is 0 Å². The van der Waals surface area contributed by atoms with Crippen LogP contribution in [0.25, 0.3) is 11.3 Å². The average Bonchev–Trinajstić information content (AvgIpc) is 3.42. The summed E-state index contributed by atoms with van der Waals surface area (Å²) >= 11 is 0. The van der Waals surface area contributed by atoms with Crippen molar-refractivity contribution >= 4 is 21.4 Å². The molecule has 4 aromatic rings. The number of para-hydroxylation sites is 1. The van der Waals surface area contributed by atoms with E-state index in [1.54, 1.807) is 17.0 Å². The standard InChI is InChI=1S/C29H28F2N4O4S/c1-3-35(22-10-5-4-6-11-22)26-25(19-9-7-8-18(2)14-19)33-29(37)28(27(26)36)40(38,39)34-13-12-20(17-34)24-23(31)15-21(30)16-32-24/h4-11,14-16,20H,3,12-13,17H2,1-2H3,(H2,33,36,37). The zero-order valence-corrected chi connectivity index (χ0v) is 22.7. The molecular weight excluding hydrogens is 538 g/mol. The van der Waals surface area contributed by atoms with Crippen LogP contribution in [0.3, 0.4) is 0 Å². The SMILES string of the molecule is CCN(c1ccccc1)c1c(-c2cccc(C)c2)nc(O)c(S(=O)(=O)N2CCC(c3ncc(F)cc3F)C2)c1O. The van der Waals surface area contributed by atoms with Crippen LogP contribution in [-0.4, -0.2) is 52.5 Å². The summed E-state index contributed by atoms with van der Waals surface area (Å²) in [6, 6.07) is 17.1. The zero-order valence-electron chi connectivity index (χ0n) is 21.9. The van der Waals surface area contributed by atoms with Gasteiger partial charge in [-0.15, -0.1) is 0 Å². The number of aromatic hydroxyl groups is 2. The van der Waals surface area contributed by atoms with Gasteiger partial charge in [0.1, 0.15) is 23.0 Å². The van der Waals surface area contributed by atoms with Gasteiger partial charge in [-0.05, 0) is 38.5 Å². The normalized spacial score (nSPS) is 15.8. The molecule has 208 valence electrons. The van der Waals surface area contributed by atoms with Crippen LogP contribution in [0.4, 0.5) is 20.2 Å². The number of aryl methyl sites for hydroxylation is 1. The first-order valence-electron chi connectivity index (χ1n) is 12.8. The Morgan fingerprint density at radius 2 is 1.82 bits per heavy atom. The van der Waals surface area contributed by atoms with Crippen LogP contribution in [0.15, 0.2) is 71.8 Å². The van der Waals surface area contributed by atoms with Gasteiger partial charge in [-0.25, -0.2) is 22.2 Å². The van der Waals surface area contributed by atoms with Crippen LogP contribution < -0.4 is 4.90 Å². The number of benzene rings is 2. The molecule has 2 aromatic carbocycles. The first-order chi connectivity index (χ1) is 19.1. The summed E-state index contributed by atoms with van der Waals surface area (Å²) in [4.78, 5) is 9.13. The molecule has 0 aliphatic carbocycles. The number of halogens is 2. The molecule has 0 bridgehead atoms. The van der Waals surface area contributed by atoms with Crippen LogP contribution in [0.2, 0.25) is 0 Å². The molecule has 0 radical (unpaired) electrons. The Balaban J connectivity index is 1.64. The van der Waals surface area contributed by atoms with E-state index < -0.39 is 44.1 Å². The molecule has 1 aliphatic heterocycles. The number of hydrogen-bond donors (Lipinski definition) is 2. The number of pyridine rings is 2. The van der Waals surface area contributed by atoms with Crippen LogP contribution >= 0.6 is 0 Å². The maximum atomic E-state index is 14.4. The van der Waals surface area contributed by atoms with Gasteiger partial charge in [-0.1, -0.05) is 42.0 Å². The summed E-state index contributed by atoms with van der Waals surface area (Å²) in [7, 11) is -4.50. The van der Waals surface area contributed by atoms with Crippen molar-refractivity contribution < 1.29 is 27.4 Å². The van der Waals surface area contributed by atoms with E-state index in [0.717, 1.165) is 16.1 Å². The van der Waals surface area contributed by atoms with Crippen molar-refractivity contribution in [2.75, 3.05) is 24.5 Å². The molecule has 1 saturated heterocycles. The van der Waals surface area contributed by atoms with E-state index in [-0.39, 0.29) is 36.6 Å². The second-order valence-electron chi connectivity index (χ2n) is 9.63. The molecular formula is C29H28F2N4O4S. The number of nitrogens with zero attached hydrogens (tertiary/aromatic N) is 4. The molecule has 5 rings (SSSR count). The number of hydrogen-bond acceptors (Lipinski definition) is 7. The molecule has 3 heterocycles. The van der Waals surface area contributed by atoms with Crippen molar-refractivity contribution in [1.29, 1.82) is 0 Å². The second kappa shape index (κ2) is 10.8. The van der Waals surface area contributed by atoms with Crippen molar-refractivity contribution in [1.82, 2.24) is 14.3 Å². The number of sulfonamides is 1. The smallest absolute Gasteiger partial charge is 0.252 e.